The van der Waals surface area contributed by atoms with E-state index < -0.39 is 0 Å². The van der Waals surface area contributed by atoms with Crippen LogP contribution in [0.5, 0.6) is 5.75 Å². The highest BCUT2D eigenvalue weighted by atomic mass is 127. The minimum Gasteiger partial charge on any atom is -0.492 e. The van der Waals surface area contributed by atoms with Gasteiger partial charge in [-0.3, -0.25) is 4.79 Å². The molecule has 0 aliphatic heterocycles. The number of halogens is 2. The molecule has 0 aliphatic rings. The molecule has 2 nitrogen and oxygen atoms in total. The Balaban J connectivity index is 3.21. The van der Waals surface area contributed by atoms with Crippen LogP contribution in [0.2, 0.25) is 0 Å². The molecule has 0 N–H and O–H groups in total. The van der Waals surface area contributed by atoms with Crippen LogP contribution >= 0.6 is 45.2 Å². The number of hydrogen-bond acceptors (Lipinski definition) is 2. The van der Waals surface area contributed by atoms with E-state index in [1.54, 1.807) is 0 Å². The van der Waals surface area contributed by atoms with Crippen LogP contribution in [0, 0.1) is 7.14 Å². The SMILES string of the molecule is CCOc1c(I)cc(I)cc1C=O. The predicted octanol–water partition coefficient (Wildman–Crippen LogP) is 3.11. The normalized spacial score (nSPS) is 9.77. The van der Waals surface area contributed by atoms with E-state index in [-0.39, 0.29) is 0 Å². The summed E-state index contributed by atoms with van der Waals surface area (Å²) in [6.07, 6.45) is 0.829. The van der Waals surface area contributed by atoms with Crippen LogP contribution in [0.4, 0.5) is 0 Å². The van der Waals surface area contributed by atoms with Gasteiger partial charge in [0.1, 0.15) is 5.75 Å². The third-order valence-electron chi connectivity index (χ3n) is 1.45. The van der Waals surface area contributed by atoms with Crippen molar-refractivity contribution in [1.29, 1.82) is 0 Å². The Morgan fingerprint density at radius 1 is 1.46 bits per heavy atom. The predicted molar refractivity (Wildman–Crippen MR) is 68.4 cm³/mol. The molecule has 0 spiro atoms. The fraction of sp³-hybridized carbons (Fsp3) is 0.222. The first kappa shape index (κ1) is 11.2. The third-order valence-corrected chi connectivity index (χ3v) is 2.88. The number of benzene rings is 1. The van der Waals surface area contributed by atoms with Crippen LogP contribution in [0.3, 0.4) is 0 Å². The van der Waals surface area contributed by atoms with E-state index >= 15 is 0 Å². The van der Waals surface area contributed by atoms with Gasteiger partial charge in [-0.15, -0.1) is 0 Å². The summed E-state index contributed by atoms with van der Waals surface area (Å²) in [7, 11) is 0. The maximum atomic E-state index is 10.7. The second kappa shape index (κ2) is 5.14. The van der Waals surface area contributed by atoms with Gasteiger partial charge in [0.25, 0.3) is 0 Å². The molecule has 0 fully saturated rings. The Labute approximate surface area is 104 Å². The number of hydrogen-bond donors (Lipinski definition) is 0. The Hall–Kier alpha value is 0.150. The maximum Gasteiger partial charge on any atom is 0.153 e. The molecular weight excluding hydrogens is 394 g/mol. The zero-order valence-corrected chi connectivity index (χ0v) is 11.3. The Morgan fingerprint density at radius 3 is 2.69 bits per heavy atom. The van der Waals surface area contributed by atoms with Crippen molar-refractivity contribution in [2.24, 2.45) is 0 Å². The summed E-state index contributed by atoms with van der Waals surface area (Å²) in [6, 6.07) is 3.81. The quantitative estimate of drug-likeness (QED) is 0.574. The van der Waals surface area contributed by atoms with Crippen LogP contribution in [0.1, 0.15) is 17.3 Å². The lowest BCUT2D eigenvalue weighted by Gasteiger charge is -2.08. The molecular formula is C9H8I2O2. The number of carbonyl (C=O) groups excluding carboxylic acids is 1. The lowest BCUT2D eigenvalue weighted by Crippen LogP contribution is -1.99. The van der Waals surface area contributed by atoms with Gasteiger partial charge >= 0.3 is 0 Å². The highest BCUT2D eigenvalue weighted by molar-refractivity contribution is 14.1. The van der Waals surface area contributed by atoms with Crippen LogP contribution in [-0.4, -0.2) is 12.9 Å². The first-order chi connectivity index (χ1) is 6.19. The van der Waals surface area contributed by atoms with E-state index in [0.29, 0.717) is 17.9 Å². The topological polar surface area (TPSA) is 26.3 Å². The molecule has 0 saturated heterocycles. The van der Waals surface area contributed by atoms with Crippen LogP contribution in [-0.2, 0) is 0 Å². The molecule has 0 atom stereocenters. The van der Waals surface area contributed by atoms with Crippen LogP contribution < -0.4 is 4.74 Å². The van der Waals surface area contributed by atoms with Gasteiger partial charge in [0.15, 0.2) is 6.29 Å². The maximum absolute atomic E-state index is 10.7. The zero-order chi connectivity index (χ0) is 9.84. The number of aldehydes is 1. The lowest BCUT2D eigenvalue weighted by atomic mass is 10.2. The van der Waals surface area contributed by atoms with Gasteiger partial charge in [0, 0.05) is 3.57 Å². The molecule has 0 radical (unpaired) electrons. The van der Waals surface area contributed by atoms with E-state index in [1.165, 1.54) is 0 Å². The minimum atomic E-state index is 0.581. The smallest absolute Gasteiger partial charge is 0.153 e. The van der Waals surface area contributed by atoms with E-state index in [1.807, 2.05) is 19.1 Å². The monoisotopic (exact) mass is 402 g/mol. The molecule has 13 heavy (non-hydrogen) atoms. The van der Waals surface area contributed by atoms with Gasteiger partial charge in [-0.2, -0.15) is 0 Å². The second-order valence-electron chi connectivity index (χ2n) is 2.36. The Morgan fingerprint density at radius 2 is 2.15 bits per heavy atom. The molecule has 0 unspecified atom stereocenters. The van der Waals surface area contributed by atoms with E-state index in [4.69, 9.17) is 4.74 Å². The highest BCUT2D eigenvalue weighted by Gasteiger charge is 2.08. The molecule has 1 aromatic rings. The summed E-state index contributed by atoms with van der Waals surface area (Å²) < 4.78 is 7.40. The van der Waals surface area contributed by atoms with Crippen molar-refractivity contribution >= 4 is 51.5 Å². The van der Waals surface area contributed by atoms with Gasteiger partial charge in [0.2, 0.25) is 0 Å². The van der Waals surface area contributed by atoms with E-state index in [2.05, 4.69) is 45.2 Å². The van der Waals surface area contributed by atoms with Gasteiger partial charge in [-0.25, -0.2) is 0 Å². The molecule has 0 heterocycles. The molecule has 4 heteroatoms. The van der Waals surface area contributed by atoms with Gasteiger partial charge in [-0.1, -0.05) is 0 Å². The van der Waals surface area contributed by atoms with Crippen LogP contribution in [0.25, 0.3) is 0 Å². The Kier molecular flexibility index (Phi) is 4.43. The second-order valence-corrected chi connectivity index (χ2v) is 4.76. The molecule has 1 aromatic carbocycles. The molecule has 0 aliphatic carbocycles. The van der Waals surface area contributed by atoms with Crippen molar-refractivity contribution < 1.29 is 9.53 Å². The standard InChI is InChI=1S/C9H8I2O2/c1-2-13-9-6(5-12)3-7(10)4-8(9)11/h3-5H,2H2,1H3. The molecule has 70 valence electrons. The summed E-state index contributed by atoms with van der Waals surface area (Å²) >= 11 is 4.35. The number of rotatable bonds is 3. The first-order valence-electron chi connectivity index (χ1n) is 3.76. The van der Waals surface area contributed by atoms with Crippen molar-refractivity contribution in [1.82, 2.24) is 0 Å². The fourth-order valence-corrected chi connectivity index (χ4v) is 3.01. The molecule has 0 aromatic heterocycles. The number of ether oxygens (including phenoxy) is 1. The third kappa shape index (κ3) is 2.80. The molecule has 0 bridgehead atoms. The summed E-state index contributed by atoms with van der Waals surface area (Å²) in [6.45, 7) is 2.49. The minimum absolute atomic E-state index is 0.581. The van der Waals surface area contributed by atoms with Crippen molar-refractivity contribution in [2.45, 2.75) is 6.92 Å². The van der Waals surface area contributed by atoms with Crippen molar-refractivity contribution in [2.75, 3.05) is 6.61 Å². The summed E-state index contributed by atoms with van der Waals surface area (Å²) in [5.41, 5.74) is 0.623. The van der Waals surface area contributed by atoms with Gasteiger partial charge < -0.3 is 4.74 Å². The molecule has 1 rings (SSSR count). The number of carbonyl (C=O) groups is 1. The van der Waals surface area contributed by atoms with Gasteiger partial charge in [-0.05, 0) is 64.2 Å². The molecule has 0 saturated carbocycles. The van der Waals surface area contributed by atoms with Gasteiger partial charge in [0.05, 0.1) is 15.7 Å². The average Bonchev–Trinajstić information content (AvgIpc) is 2.09. The fourth-order valence-electron chi connectivity index (χ4n) is 0.964. The average molecular weight is 402 g/mol. The van der Waals surface area contributed by atoms with Crippen LogP contribution in [0.15, 0.2) is 12.1 Å². The molecule has 0 amide bonds. The van der Waals surface area contributed by atoms with E-state index in [0.717, 1.165) is 13.4 Å². The summed E-state index contributed by atoms with van der Waals surface area (Å²) in [5, 5.41) is 0. The van der Waals surface area contributed by atoms with Crippen molar-refractivity contribution in [3.8, 4) is 5.75 Å². The highest BCUT2D eigenvalue weighted by Crippen LogP contribution is 2.27. The first-order valence-corrected chi connectivity index (χ1v) is 5.91. The lowest BCUT2D eigenvalue weighted by molar-refractivity contribution is 0.111. The summed E-state index contributed by atoms with van der Waals surface area (Å²) in [5.74, 6) is 0.693. The Bertz CT molecular complexity index is 324. The van der Waals surface area contributed by atoms with E-state index in [9.17, 15) is 4.79 Å². The van der Waals surface area contributed by atoms with Crippen molar-refractivity contribution in [3.63, 3.8) is 0 Å². The van der Waals surface area contributed by atoms with Crippen molar-refractivity contribution in [3.05, 3.63) is 24.8 Å². The zero-order valence-electron chi connectivity index (χ0n) is 7.01. The summed E-state index contributed by atoms with van der Waals surface area (Å²) in [4.78, 5) is 10.7. The largest absolute Gasteiger partial charge is 0.492 e.